The molecular weight excluding hydrogens is 748 g/mol. The Balaban J connectivity index is 1.70. The molecule has 0 saturated carbocycles. The molecule has 5 aliphatic rings. The van der Waals surface area contributed by atoms with Gasteiger partial charge in [-0.3, -0.25) is 24.0 Å². The molecular formula is C44H58N2O12. The van der Waals surface area contributed by atoms with Gasteiger partial charge >= 0.3 is 11.8 Å². The summed E-state index contributed by atoms with van der Waals surface area (Å²) in [7, 11) is 1.50. The van der Waals surface area contributed by atoms with Crippen LogP contribution in [0, 0.1) is 30.6 Å². The van der Waals surface area contributed by atoms with Crippen LogP contribution in [0.5, 0.6) is 11.5 Å². The minimum absolute atomic E-state index is 0.0350. The van der Waals surface area contributed by atoms with Crippen molar-refractivity contribution in [2.75, 3.05) is 20.2 Å². The van der Waals surface area contributed by atoms with E-state index in [0.29, 0.717) is 0 Å². The van der Waals surface area contributed by atoms with Crippen molar-refractivity contribution in [2.45, 2.75) is 119 Å². The Morgan fingerprint density at radius 2 is 1.53 bits per heavy atom. The number of Topliss-reactive ketones (excluding diaryl/α,β-unsaturated/α-hetero) is 3. The maximum atomic E-state index is 14.6. The third-order valence-electron chi connectivity index (χ3n) is 11.8. The van der Waals surface area contributed by atoms with E-state index < -0.39 is 76.3 Å². The smallest absolute Gasteiger partial charge is 0.312 e. The lowest BCUT2D eigenvalue weighted by Crippen LogP contribution is -2.56. The molecule has 0 aromatic heterocycles. The summed E-state index contributed by atoms with van der Waals surface area (Å²) in [5.74, 6) is -8.36. The molecule has 14 nitrogen and oxygen atoms in total. The third kappa shape index (κ3) is 7.98. The van der Waals surface area contributed by atoms with E-state index in [-0.39, 0.29) is 76.4 Å². The predicted molar refractivity (Wildman–Crippen MR) is 213 cm³/mol. The number of benzene rings is 1. The topological polar surface area (TPSA) is 176 Å². The summed E-state index contributed by atoms with van der Waals surface area (Å²) in [6.45, 7) is 21.4. The van der Waals surface area contributed by atoms with E-state index in [0.717, 1.165) is 0 Å². The third-order valence-corrected chi connectivity index (χ3v) is 11.8. The molecule has 0 radical (unpaired) electrons. The Hall–Kier alpha value is -4.79. The van der Waals surface area contributed by atoms with Gasteiger partial charge in [-0.25, -0.2) is 0 Å². The summed E-state index contributed by atoms with van der Waals surface area (Å²) < 4.78 is 37.0. The van der Waals surface area contributed by atoms with Gasteiger partial charge in [0.15, 0.2) is 5.79 Å². The highest BCUT2D eigenvalue weighted by Gasteiger charge is 2.53. The van der Waals surface area contributed by atoms with E-state index in [4.69, 9.17) is 28.4 Å². The zero-order valence-electron chi connectivity index (χ0n) is 35.8. The van der Waals surface area contributed by atoms with Gasteiger partial charge in [-0.2, -0.15) is 0 Å². The van der Waals surface area contributed by atoms with Crippen LogP contribution in [-0.2, 0) is 33.3 Å². The Bertz CT molecular complexity index is 1990. The molecule has 14 heteroatoms. The van der Waals surface area contributed by atoms with Gasteiger partial charge in [0.25, 0.3) is 11.7 Å². The molecule has 9 atom stereocenters. The summed E-state index contributed by atoms with van der Waals surface area (Å²) in [6.07, 6.45) is 5.88. The molecule has 0 spiro atoms. The van der Waals surface area contributed by atoms with Gasteiger partial charge in [-0.1, -0.05) is 45.9 Å². The van der Waals surface area contributed by atoms with Crippen molar-refractivity contribution < 1.29 is 57.5 Å². The number of nitrogens with one attached hydrogen (secondary N) is 1. The summed E-state index contributed by atoms with van der Waals surface area (Å²) >= 11 is 0. The number of nitrogens with zero attached hydrogens (tertiary/aromatic N) is 1. The first-order valence-corrected chi connectivity index (χ1v) is 19.9. The average Bonchev–Trinajstić information content (AvgIpc) is 3.43. The van der Waals surface area contributed by atoms with Crippen molar-refractivity contribution in [1.82, 2.24) is 10.2 Å². The van der Waals surface area contributed by atoms with E-state index in [1.165, 1.54) is 34.1 Å². The SMILES string of the molecule is CCN(CC)C1=C2NC(=O)/C(C)=C\C=C[C@H](C)[C@@H]3OC(C)(C)O[C@H]([C@H](C)[C@H](OC(C)=O)[C@H](C)[C@@H](OC)/C=C\O[C@@]4(C)Oc5c(C)c(O)c(c(c5C4=O)C1=O)C2=O)[C@@H]3C. The maximum absolute atomic E-state index is 14.6. The number of ether oxygens (including phenoxy) is 6. The molecule has 1 saturated heterocycles. The number of hydrogen-bond acceptors (Lipinski definition) is 13. The minimum atomic E-state index is -2.03. The van der Waals surface area contributed by atoms with Crippen LogP contribution in [0.4, 0.5) is 0 Å². The van der Waals surface area contributed by atoms with Crippen molar-refractivity contribution in [2.24, 2.45) is 23.7 Å². The van der Waals surface area contributed by atoms with Crippen LogP contribution in [0.15, 0.2) is 47.5 Å². The molecule has 1 aliphatic carbocycles. The zero-order valence-corrected chi connectivity index (χ0v) is 35.8. The lowest BCUT2D eigenvalue weighted by molar-refractivity contribution is -0.336. The number of likely N-dealkylation sites (N-methyl/N-ethyl adjacent to an activating group) is 1. The van der Waals surface area contributed by atoms with Gasteiger partial charge in [0.2, 0.25) is 11.6 Å². The second-order valence-corrected chi connectivity index (χ2v) is 16.3. The van der Waals surface area contributed by atoms with Crippen molar-refractivity contribution in [3.8, 4) is 11.5 Å². The first kappa shape index (κ1) is 44.3. The Labute approximate surface area is 340 Å². The number of rotatable bonds is 5. The second kappa shape index (κ2) is 16.8. The number of ketones is 3. The molecule has 4 aliphatic heterocycles. The van der Waals surface area contributed by atoms with E-state index in [1.54, 1.807) is 43.9 Å². The Morgan fingerprint density at radius 1 is 0.897 bits per heavy atom. The normalized spacial score (nSPS) is 32.8. The van der Waals surface area contributed by atoms with E-state index >= 15 is 0 Å². The maximum Gasteiger partial charge on any atom is 0.312 e. The van der Waals surface area contributed by atoms with Crippen LogP contribution in [-0.4, -0.2) is 95.4 Å². The molecule has 1 amide bonds. The summed E-state index contributed by atoms with van der Waals surface area (Å²) in [5.41, 5.74) is -1.14. The molecule has 0 unspecified atom stereocenters. The molecule has 7 bridgehead atoms. The largest absolute Gasteiger partial charge is 0.507 e. The minimum Gasteiger partial charge on any atom is -0.507 e. The van der Waals surface area contributed by atoms with Crippen LogP contribution in [0.25, 0.3) is 0 Å². The highest BCUT2D eigenvalue weighted by molar-refractivity contribution is 6.32. The summed E-state index contributed by atoms with van der Waals surface area (Å²) in [6, 6.07) is 0. The number of hydrogen-bond donors (Lipinski definition) is 2. The fraction of sp³-hybridized carbons (Fsp3) is 0.568. The molecule has 4 heterocycles. The number of carbonyl (C=O) groups is 5. The van der Waals surface area contributed by atoms with Crippen LogP contribution in [0.2, 0.25) is 0 Å². The van der Waals surface area contributed by atoms with Crippen molar-refractivity contribution in [1.29, 1.82) is 0 Å². The van der Waals surface area contributed by atoms with Crippen molar-refractivity contribution >= 4 is 29.2 Å². The number of methoxy groups -OCH3 is 1. The van der Waals surface area contributed by atoms with E-state index in [9.17, 15) is 29.1 Å². The number of carbonyl (C=O) groups excluding carboxylic acids is 5. The number of aromatic hydroxyl groups is 1. The number of phenols is 1. The quantitative estimate of drug-likeness (QED) is 0.327. The van der Waals surface area contributed by atoms with Crippen LogP contribution < -0.4 is 10.1 Å². The molecule has 1 aromatic carbocycles. The first-order valence-electron chi connectivity index (χ1n) is 19.9. The molecule has 1 fully saturated rings. The van der Waals surface area contributed by atoms with Crippen LogP contribution >= 0.6 is 0 Å². The zero-order chi connectivity index (χ0) is 43.2. The monoisotopic (exact) mass is 806 g/mol. The van der Waals surface area contributed by atoms with Crippen molar-refractivity contribution in [3.05, 3.63) is 69.8 Å². The Kier molecular flexibility index (Phi) is 12.9. The number of esters is 1. The summed E-state index contributed by atoms with van der Waals surface area (Å²) in [4.78, 5) is 71.5. The fourth-order valence-electron chi connectivity index (χ4n) is 8.60. The predicted octanol–water partition coefficient (Wildman–Crippen LogP) is 6.10. The van der Waals surface area contributed by atoms with Gasteiger partial charge in [0, 0.05) is 68.9 Å². The van der Waals surface area contributed by atoms with Gasteiger partial charge in [0.1, 0.15) is 29.0 Å². The van der Waals surface area contributed by atoms with Crippen LogP contribution in [0.3, 0.4) is 0 Å². The average molecular weight is 807 g/mol. The van der Waals surface area contributed by atoms with E-state index in [1.807, 2.05) is 47.6 Å². The van der Waals surface area contributed by atoms with Gasteiger partial charge < -0.3 is 43.7 Å². The second-order valence-electron chi connectivity index (χ2n) is 16.3. The number of fused-ring (bicyclic) bond motifs is 10. The summed E-state index contributed by atoms with van der Waals surface area (Å²) in [5, 5.41) is 14.2. The first-order chi connectivity index (χ1) is 27.1. The van der Waals surface area contributed by atoms with Gasteiger partial charge in [0.05, 0.1) is 41.3 Å². The molecule has 6 rings (SSSR count). The molecule has 316 valence electrons. The van der Waals surface area contributed by atoms with Crippen molar-refractivity contribution in [3.63, 3.8) is 0 Å². The highest BCUT2D eigenvalue weighted by atomic mass is 16.7. The lowest BCUT2D eigenvalue weighted by Gasteiger charge is -2.50. The standard InChI is InChI=1S/C44H58N2O12/c1-14-46(15-2)33-32-35(49)30-29(36(33)50)31-40(24(6)34(30)48)58-44(12,41(31)51)54-20-19-28(53-13)23(5)38(55-27(9)47)26(8)39-25(7)37(56-43(10,11)57-39)21(3)17-16-18-22(4)42(52)45-32/h16-21,23,25-26,28,37-39,48H,14-15H2,1-13H3,(H,45,52)/b17-16?,20-19-,22-18-/t21-,23+,25+,26+,28-,37-,38+,39-,44-/m0/s1. The number of phenolic OH excluding ortho intramolecular Hbond substituents is 1. The fourth-order valence-corrected chi connectivity index (χ4v) is 8.60. The number of allylic oxidation sites excluding steroid dienone is 4. The Morgan fingerprint density at radius 3 is 2.14 bits per heavy atom. The van der Waals surface area contributed by atoms with E-state index in [2.05, 4.69) is 5.32 Å². The number of amides is 1. The molecule has 58 heavy (non-hydrogen) atoms. The van der Waals surface area contributed by atoms with Gasteiger partial charge in [-0.15, -0.1) is 0 Å². The lowest BCUT2D eigenvalue weighted by atomic mass is 9.77. The molecule has 1 aromatic rings. The van der Waals surface area contributed by atoms with Gasteiger partial charge in [-0.05, 0) is 47.6 Å². The van der Waals surface area contributed by atoms with Crippen LogP contribution in [0.1, 0.15) is 113 Å². The molecule has 2 N–H and O–H groups in total. The highest BCUT2D eigenvalue weighted by Crippen LogP contribution is 2.49.